The van der Waals surface area contributed by atoms with Gasteiger partial charge in [0.25, 0.3) is 0 Å². The van der Waals surface area contributed by atoms with Crippen LogP contribution in [-0.2, 0) is 12.8 Å². The van der Waals surface area contributed by atoms with Gasteiger partial charge in [0.15, 0.2) is 0 Å². The zero-order chi connectivity index (χ0) is 14.1. The van der Waals surface area contributed by atoms with Crippen LogP contribution in [0, 0.1) is 11.6 Å². The summed E-state index contributed by atoms with van der Waals surface area (Å²) in [6, 6.07) is 10.1. The quantitative estimate of drug-likeness (QED) is 0.706. The summed E-state index contributed by atoms with van der Waals surface area (Å²) in [4.78, 5) is 0. The summed E-state index contributed by atoms with van der Waals surface area (Å²) in [5.74, 6) is -0.502. The lowest BCUT2D eigenvalue weighted by molar-refractivity contribution is 0.483. The van der Waals surface area contributed by atoms with Gasteiger partial charge in [-0.1, -0.05) is 23.7 Å². The van der Waals surface area contributed by atoms with E-state index in [4.69, 9.17) is 11.6 Å². The third-order valence-corrected chi connectivity index (χ3v) is 4.28. The van der Waals surface area contributed by atoms with E-state index in [1.54, 1.807) is 0 Å². The lowest BCUT2D eigenvalue weighted by Crippen LogP contribution is -2.15. The molecule has 104 valence electrons. The van der Waals surface area contributed by atoms with Gasteiger partial charge in [0.2, 0.25) is 0 Å². The molecule has 0 spiro atoms. The SMILES string of the molecule is Fc1ccc(F)c2c1CCCC2Cc1ccc(Cl)cc1. The van der Waals surface area contributed by atoms with E-state index in [0.29, 0.717) is 22.6 Å². The molecule has 0 nitrogen and oxygen atoms in total. The monoisotopic (exact) mass is 292 g/mol. The molecule has 0 heterocycles. The van der Waals surface area contributed by atoms with Crippen LogP contribution < -0.4 is 0 Å². The summed E-state index contributed by atoms with van der Waals surface area (Å²) in [5, 5.41) is 0.690. The Balaban J connectivity index is 1.94. The standard InChI is InChI=1S/C17H15ClF2/c18-13-6-4-11(5-7-13)10-12-2-1-3-14-15(19)8-9-16(20)17(12)14/h4-9,12H,1-3,10H2. The highest BCUT2D eigenvalue weighted by Gasteiger charge is 2.26. The molecule has 1 aliphatic carbocycles. The van der Waals surface area contributed by atoms with Gasteiger partial charge in [0.1, 0.15) is 11.6 Å². The first kappa shape index (κ1) is 13.6. The van der Waals surface area contributed by atoms with E-state index >= 15 is 0 Å². The highest BCUT2D eigenvalue weighted by Crippen LogP contribution is 2.37. The minimum Gasteiger partial charge on any atom is -0.207 e. The van der Waals surface area contributed by atoms with Crippen molar-refractivity contribution in [2.75, 3.05) is 0 Å². The molecule has 0 aliphatic heterocycles. The topological polar surface area (TPSA) is 0 Å². The van der Waals surface area contributed by atoms with Crippen LogP contribution in [0.1, 0.15) is 35.4 Å². The molecule has 0 aromatic heterocycles. The fourth-order valence-electron chi connectivity index (χ4n) is 3.08. The Kier molecular flexibility index (Phi) is 3.75. The van der Waals surface area contributed by atoms with Crippen LogP contribution in [0.25, 0.3) is 0 Å². The Morgan fingerprint density at radius 1 is 1.00 bits per heavy atom. The maximum Gasteiger partial charge on any atom is 0.127 e. The first-order chi connectivity index (χ1) is 9.65. The number of halogens is 3. The molecule has 3 rings (SSSR count). The van der Waals surface area contributed by atoms with Crippen molar-refractivity contribution in [3.05, 3.63) is 69.7 Å². The molecule has 0 saturated heterocycles. The fraction of sp³-hybridized carbons (Fsp3) is 0.294. The summed E-state index contributed by atoms with van der Waals surface area (Å²) < 4.78 is 27.9. The van der Waals surface area contributed by atoms with Gasteiger partial charge in [-0.25, -0.2) is 8.78 Å². The van der Waals surface area contributed by atoms with E-state index in [9.17, 15) is 8.78 Å². The number of hydrogen-bond donors (Lipinski definition) is 0. The smallest absolute Gasteiger partial charge is 0.127 e. The van der Waals surface area contributed by atoms with Crippen LogP contribution in [0.4, 0.5) is 8.78 Å². The Labute approximate surface area is 122 Å². The molecule has 0 saturated carbocycles. The summed E-state index contributed by atoms with van der Waals surface area (Å²) in [6.07, 6.45) is 3.17. The van der Waals surface area contributed by atoms with Gasteiger partial charge in [-0.2, -0.15) is 0 Å². The molecular weight excluding hydrogens is 278 g/mol. The van der Waals surface area contributed by atoms with Crippen molar-refractivity contribution in [1.29, 1.82) is 0 Å². The first-order valence-electron chi connectivity index (χ1n) is 6.86. The number of fused-ring (bicyclic) bond motifs is 1. The molecule has 2 aromatic carbocycles. The van der Waals surface area contributed by atoms with E-state index in [0.717, 1.165) is 24.8 Å². The minimum atomic E-state index is -0.278. The molecule has 0 amide bonds. The summed E-state index contributed by atoms with van der Waals surface area (Å²) in [5.41, 5.74) is 2.25. The van der Waals surface area contributed by atoms with Crippen LogP contribution >= 0.6 is 11.6 Å². The molecule has 20 heavy (non-hydrogen) atoms. The third-order valence-electron chi connectivity index (χ3n) is 4.03. The second-order valence-corrected chi connectivity index (χ2v) is 5.78. The summed E-state index contributed by atoms with van der Waals surface area (Å²) in [6.45, 7) is 0. The molecule has 1 unspecified atom stereocenters. The van der Waals surface area contributed by atoms with Gasteiger partial charge >= 0.3 is 0 Å². The van der Waals surface area contributed by atoms with Gasteiger partial charge in [-0.3, -0.25) is 0 Å². The number of hydrogen-bond acceptors (Lipinski definition) is 0. The summed E-state index contributed by atoms with van der Waals surface area (Å²) in [7, 11) is 0. The maximum atomic E-state index is 14.1. The van der Waals surface area contributed by atoms with Crippen LogP contribution in [0.2, 0.25) is 5.02 Å². The van der Waals surface area contributed by atoms with Crippen LogP contribution in [-0.4, -0.2) is 0 Å². The Bertz CT molecular complexity index is 620. The van der Waals surface area contributed by atoms with E-state index in [1.165, 1.54) is 12.1 Å². The largest absolute Gasteiger partial charge is 0.207 e. The van der Waals surface area contributed by atoms with E-state index in [-0.39, 0.29) is 17.6 Å². The average Bonchev–Trinajstić information content (AvgIpc) is 2.46. The van der Waals surface area contributed by atoms with E-state index in [2.05, 4.69) is 0 Å². The molecule has 2 aromatic rings. The van der Waals surface area contributed by atoms with Gasteiger partial charge < -0.3 is 0 Å². The molecule has 1 aliphatic rings. The van der Waals surface area contributed by atoms with Crippen molar-refractivity contribution in [1.82, 2.24) is 0 Å². The van der Waals surface area contributed by atoms with Crippen LogP contribution in [0.15, 0.2) is 36.4 Å². The van der Waals surface area contributed by atoms with Crippen LogP contribution in [0.3, 0.4) is 0 Å². The van der Waals surface area contributed by atoms with E-state index in [1.807, 2.05) is 24.3 Å². The summed E-state index contributed by atoms with van der Waals surface area (Å²) >= 11 is 5.87. The second kappa shape index (κ2) is 5.53. The highest BCUT2D eigenvalue weighted by molar-refractivity contribution is 6.30. The molecular formula is C17H15ClF2. The van der Waals surface area contributed by atoms with Gasteiger partial charge in [-0.05, 0) is 72.6 Å². The zero-order valence-electron chi connectivity index (χ0n) is 11.0. The molecule has 0 fully saturated rings. The minimum absolute atomic E-state index is 0.0515. The third kappa shape index (κ3) is 2.57. The Hall–Kier alpha value is -1.41. The zero-order valence-corrected chi connectivity index (χ0v) is 11.8. The van der Waals surface area contributed by atoms with Crippen molar-refractivity contribution in [2.24, 2.45) is 0 Å². The Morgan fingerprint density at radius 2 is 1.70 bits per heavy atom. The molecule has 1 atom stereocenters. The normalized spacial score (nSPS) is 17.9. The van der Waals surface area contributed by atoms with Crippen molar-refractivity contribution >= 4 is 11.6 Å². The molecule has 0 radical (unpaired) electrons. The number of benzene rings is 2. The maximum absolute atomic E-state index is 14.1. The average molecular weight is 293 g/mol. The van der Waals surface area contributed by atoms with Gasteiger partial charge in [0.05, 0.1) is 0 Å². The van der Waals surface area contributed by atoms with Crippen molar-refractivity contribution in [3.63, 3.8) is 0 Å². The van der Waals surface area contributed by atoms with Crippen molar-refractivity contribution in [3.8, 4) is 0 Å². The Morgan fingerprint density at radius 3 is 2.45 bits per heavy atom. The molecule has 3 heteroatoms. The first-order valence-corrected chi connectivity index (χ1v) is 7.24. The lowest BCUT2D eigenvalue weighted by Gasteiger charge is -2.26. The molecule has 0 bridgehead atoms. The van der Waals surface area contributed by atoms with Crippen LogP contribution in [0.5, 0.6) is 0 Å². The van der Waals surface area contributed by atoms with Gasteiger partial charge in [-0.15, -0.1) is 0 Å². The highest BCUT2D eigenvalue weighted by atomic mass is 35.5. The second-order valence-electron chi connectivity index (χ2n) is 5.34. The predicted molar refractivity (Wildman–Crippen MR) is 77.2 cm³/mol. The van der Waals surface area contributed by atoms with Crippen molar-refractivity contribution < 1.29 is 8.78 Å². The van der Waals surface area contributed by atoms with Gasteiger partial charge in [0, 0.05) is 5.02 Å². The lowest BCUT2D eigenvalue weighted by atomic mass is 9.79. The fourth-order valence-corrected chi connectivity index (χ4v) is 3.21. The van der Waals surface area contributed by atoms with E-state index < -0.39 is 0 Å². The predicted octanol–water partition coefficient (Wildman–Crippen LogP) is 5.28. The molecule has 0 N–H and O–H groups in total. The number of rotatable bonds is 2. The van der Waals surface area contributed by atoms with Crippen molar-refractivity contribution in [2.45, 2.75) is 31.6 Å².